The molecule has 7 aromatic carbocycles. The van der Waals surface area contributed by atoms with E-state index in [-0.39, 0.29) is 0 Å². The summed E-state index contributed by atoms with van der Waals surface area (Å²) >= 11 is 6.05. The van der Waals surface area contributed by atoms with Crippen LogP contribution < -0.4 is 15.9 Å². The maximum Gasteiger partial charge on any atom is 0.0480 e. The highest BCUT2D eigenvalue weighted by molar-refractivity contribution is 7.79. The van der Waals surface area contributed by atoms with Crippen molar-refractivity contribution in [3.8, 4) is 0 Å². The van der Waals surface area contributed by atoms with Crippen LogP contribution in [0, 0.1) is 0 Å². The topological polar surface area (TPSA) is 0 Å². The summed E-state index contributed by atoms with van der Waals surface area (Å²) in [5.41, 5.74) is 1.21. The molecule has 37 heavy (non-hydrogen) atoms. The van der Waals surface area contributed by atoms with Gasteiger partial charge in [-0.25, -0.2) is 0 Å². The highest BCUT2D eigenvalue weighted by Crippen LogP contribution is 2.36. The fourth-order valence-corrected chi connectivity index (χ4v) is 7.63. The van der Waals surface area contributed by atoms with Gasteiger partial charge in [-0.15, -0.1) is 11.6 Å². The monoisotopic (exact) mass is 512 g/mol. The zero-order valence-electron chi connectivity index (χ0n) is 20.4. The van der Waals surface area contributed by atoms with Crippen molar-refractivity contribution in [1.82, 2.24) is 0 Å². The van der Waals surface area contributed by atoms with Gasteiger partial charge in [0.25, 0.3) is 0 Å². The van der Waals surface area contributed by atoms with Crippen LogP contribution in [0.25, 0.3) is 32.3 Å². The molecule has 0 unspecified atom stereocenters. The van der Waals surface area contributed by atoms with Crippen molar-refractivity contribution in [2.45, 2.75) is 5.88 Å². The molecule has 0 saturated heterocycles. The Kier molecular flexibility index (Phi) is 6.87. The van der Waals surface area contributed by atoms with E-state index >= 15 is 0 Å². The van der Waals surface area contributed by atoms with Crippen molar-refractivity contribution in [3.63, 3.8) is 0 Å². The number of hydrogen-bond donors (Lipinski definition) is 0. The molecule has 0 aromatic heterocycles. The normalized spacial score (nSPS) is 11.2. The van der Waals surface area contributed by atoms with Crippen LogP contribution in [-0.2, 0) is 5.88 Å². The van der Waals surface area contributed by atoms with E-state index < -0.39 is 7.92 Å². The van der Waals surface area contributed by atoms with Crippen LogP contribution in [0.4, 0.5) is 0 Å². The molecule has 0 atom stereocenters. The summed E-state index contributed by atoms with van der Waals surface area (Å²) in [6.07, 6.45) is 0. The van der Waals surface area contributed by atoms with Gasteiger partial charge in [-0.3, -0.25) is 0 Å². The lowest BCUT2D eigenvalue weighted by Gasteiger charge is -2.18. The molecule has 0 heterocycles. The molecule has 0 bridgehead atoms. The summed E-state index contributed by atoms with van der Waals surface area (Å²) in [6.45, 7) is 0. The third-order valence-corrected chi connectivity index (χ3v) is 9.54. The van der Waals surface area contributed by atoms with Crippen molar-refractivity contribution in [1.29, 1.82) is 0 Å². The second-order valence-electron chi connectivity index (χ2n) is 9.06. The van der Waals surface area contributed by atoms with Crippen molar-refractivity contribution in [3.05, 3.63) is 151 Å². The Bertz CT molecular complexity index is 1640. The molecular formula is C35H26ClP. The van der Waals surface area contributed by atoms with Crippen molar-refractivity contribution in [2.75, 3.05) is 0 Å². The first-order chi connectivity index (χ1) is 18.3. The van der Waals surface area contributed by atoms with Gasteiger partial charge in [-0.2, -0.15) is 0 Å². The summed E-state index contributed by atoms with van der Waals surface area (Å²) in [7, 11) is -0.446. The van der Waals surface area contributed by atoms with Gasteiger partial charge in [0.1, 0.15) is 0 Å². The van der Waals surface area contributed by atoms with Crippen LogP contribution in [0.1, 0.15) is 5.56 Å². The molecule has 7 aromatic rings. The average molecular weight is 513 g/mol. The van der Waals surface area contributed by atoms with Gasteiger partial charge in [-0.05, 0) is 61.7 Å². The van der Waals surface area contributed by atoms with Gasteiger partial charge in [0, 0.05) is 5.88 Å². The fraction of sp³-hybridized carbons (Fsp3) is 0.0286. The van der Waals surface area contributed by atoms with Crippen LogP contribution in [-0.4, -0.2) is 0 Å². The van der Waals surface area contributed by atoms with E-state index in [1.165, 1.54) is 53.8 Å². The molecule has 0 spiro atoms. The maximum atomic E-state index is 6.05. The summed E-state index contributed by atoms with van der Waals surface area (Å²) in [5.74, 6) is 0.564. The Morgan fingerprint density at radius 3 is 1.32 bits per heavy atom. The molecule has 0 nitrogen and oxygen atoms in total. The lowest BCUT2D eigenvalue weighted by Crippen LogP contribution is -2.20. The highest BCUT2D eigenvalue weighted by atomic mass is 35.5. The largest absolute Gasteiger partial charge is 0.122 e. The van der Waals surface area contributed by atoms with E-state index in [9.17, 15) is 0 Å². The number of halogens is 1. The van der Waals surface area contributed by atoms with Gasteiger partial charge in [0.15, 0.2) is 0 Å². The number of benzene rings is 7. The molecule has 0 fully saturated rings. The van der Waals surface area contributed by atoms with Crippen molar-refractivity contribution < 1.29 is 0 Å². The minimum Gasteiger partial charge on any atom is -0.122 e. The number of alkyl halides is 1. The van der Waals surface area contributed by atoms with Gasteiger partial charge in [0.2, 0.25) is 0 Å². The number of rotatable bonds is 4. The zero-order chi connectivity index (χ0) is 25.0. The molecule has 0 saturated carbocycles. The Balaban J connectivity index is 0.000000136. The standard InChI is InChI=1S/C18H15P.C17H11Cl/c1-4-10-16(11-5-1)19(17-12-6-2-7-13-17)18-14-8-3-9-15-18;18-10-14-7-6-13-5-4-11-2-1-3-12-8-9-15(14)17(13)16(11)12/h1-15H;1-9H,10H2. The van der Waals surface area contributed by atoms with Crippen molar-refractivity contribution in [2.24, 2.45) is 0 Å². The molecule has 7 rings (SSSR count). The molecule has 178 valence electrons. The van der Waals surface area contributed by atoms with Gasteiger partial charge >= 0.3 is 0 Å². The second kappa shape index (κ2) is 10.7. The van der Waals surface area contributed by atoms with Crippen molar-refractivity contribution >= 4 is 67.8 Å². The summed E-state index contributed by atoms with van der Waals surface area (Å²) in [4.78, 5) is 0. The van der Waals surface area contributed by atoms with Crippen LogP contribution in [0.5, 0.6) is 0 Å². The van der Waals surface area contributed by atoms with E-state index in [1.807, 2.05) is 0 Å². The lowest BCUT2D eigenvalue weighted by molar-refractivity contribution is 1.46. The quantitative estimate of drug-likeness (QED) is 0.126. The Morgan fingerprint density at radius 2 is 0.838 bits per heavy atom. The molecule has 0 aliphatic carbocycles. The highest BCUT2D eigenvalue weighted by Gasteiger charge is 2.15. The summed E-state index contributed by atoms with van der Waals surface area (Å²) < 4.78 is 0. The predicted molar refractivity (Wildman–Crippen MR) is 165 cm³/mol. The van der Waals surface area contributed by atoms with Crippen LogP contribution >= 0.6 is 19.5 Å². The Morgan fingerprint density at radius 1 is 0.405 bits per heavy atom. The third-order valence-electron chi connectivity index (χ3n) is 6.81. The van der Waals surface area contributed by atoms with Crippen LogP contribution in [0.15, 0.2) is 146 Å². The Labute approximate surface area is 224 Å². The van der Waals surface area contributed by atoms with Gasteiger partial charge < -0.3 is 0 Å². The van der Waals surface area contributed by atoms with E-state index in [0.717, 1.165) is 0 Å². The van der Waals surface area contributed by atoms with Crippen LogP contribution in [0.2, 0.25) is 0 Å². The van der Waals surface area contributed by atoms with E-state index in [4.69, 9.17) is 11.6 Å². The van der Waals surface area contributed by atoms with E-state index in [2.05, 4.69) is 146 Å². The molecule has 0 amide bonds. The molecule has 0 aliphatic heterocycles. The zero-order valence-corrected chi connectivity index (χ0v) is 22.0. The molecule has 0 radical (unpaired) electrons. The molecular weight excluding hydrogens is 487 g/mol. The third kappa shape index (κ3) is 4.72. The Hall–Kier alpha value is -3.70. The second-order valence-corrected chi connectivity index (χ2v) is 11.5. The average Bonchev–Trinajstić information content (AvgIpc) is 2.98. The van der Waals surface area contributed by atoms with E-state index in [1.54, 1.807) is 0 Å². The van der Waals surface area contributed by atoms with Crippen LogP contribution in [0.3, 0.4) is 0 Å². The molecule has 0 aliphatic rings. The predicted octanol–water partition coefficient (Wildman–Crippen LogP) is 8.77. The SMILES string of the molecule is ClCc1ccc2ccc3cccc4ccc1c2c34.c1ccc(P(c2ccccc2)c2ccccc2)cc1. The van der Waals surface area contributed by atoms with Gasteiger partial charge in [0.05, 0.1) is 0 Å². The summed E-state index contributed by atoms with van der Waals surface area (Å²) in [5, 5.41) is 12.1. The first kappa shape index (κ1) is 23.7. The smallest absolute Gasteiger partial charge is 0.0480 e. The maximum absolute atomic E-state index is 6.05. The minimum absolute atomic E-state index is 0.446. The minimum atomic E-state index is -0.446. The molecule has 0 N–H and O–H groups in total. The van der Waals surface area contributed by atoms with E-state index in [0.29, 0.717) is 5.88 Å². The molecule has 2 heteroatoms. The first-order valence-electron chi connectivity index (χ1n) is 12.5. The van der Waals surface area contributed by atoms with Gasteiger partial charge in [-0.1, -0.05) is 146 Å². The first-order valence-corrected chi connectivity index (χ1v) is 14.4. The lowest BCUT2D eigenvalue weighted by atomic mass is 9.92. The fourth-order valence-electron chi connectivity index (χ4n) is 5.09. The summed E-state index contributed by atoms with van der Waals surface area (Å²) in [6, 6.07) is 51.9. The number of hydrogen-bond acceptors (Lipinski definition) is 0.